The van der Waals surface area contributed by atoms with E-state index in [4.69, 9.17) is 16.3 Å². The van der Waals surface area contributed by atoms with E-state index in [-0.39, 0.29) is 17.3 Å². The maximum Gasteiger partial charge on any atom is 0.330 e. The zero-order valence-corrected chi connectivity index (χ0v) is 16.8. The van der Waals surface area contributed by atoms with Crippen LogP contribution >= 0.6 is 11.6 Å². The standard InChI is InChI=1S/C21H37ClO3/c1-3-5-6-13-16-19(25-21(24)4-2)17-14-11-9-7-8-10-12-15-18-20(22)23/h4,19H,2-3,5-18H2,1H3. The molecule has 0 heterocycles. The van der Waals surface area contributed by atoms with Crippen LogP contribution in [0.3, 0.4) is 0 Å². The van der Waals surface area contributed by atoms with Gasteiger partial charge >= 0.3 is 5.97 Å². The number of esters is 1. The Morgan fingerprint density at radius 3 is 1.84 bits per heavy atom. The normalized spacial score (nSPS) is 11.9. The monoisotopic (exact) mass is 372 g/mol. The fourth-order valence-corrected chi connectivity index (χ4v) is 3.10. The molecular formula is C21H37ClO3. The first-order valence-electron chi connectivity index (χ1n) is 10.1. The highest BCUT2D eigenvalue weighted by atomic mass is 35.5. The lowest BCUT2D eigenvalue weighted by Gasteiger charge is -2.17. The van der Waals surface area contributed by atoms with Crippen molar-refractivity contribution in [2.45, 2.75) is 109 Å². The lowest BCUT2D eigenvalue weighted by molar-refractivity contribution is -0.143. The summed E-state index contributed by atoms with van der Waals surface area (Å²) in [4.78, 5) is 22.1. The highest BCUT2D eigenvalue weighted by Crippen LogP contribution is 2.17. The third-order valence-corrected chi connectivity index (χ3v) is 4.67. The van der Waals surface area contributed by atoms with Gasteiger partial charge < -0.3 is 4.74 Å². The van der Waals surface area contributed by atoms with Gasteiger partial charge in [-0.3, -0.25) is 4.79 Å². The molecule has 0 fully saturated rings. The maximum absolute atomic E-state index is 11.4. The molecule has 4 heteroatoms. The molecule has 3 nitrogen and oxygen atoms in total. The van der Waals surface area contributed by atoms with Crippen LogP contribution in [0.5, 0.6) is 0 Å². The van der Waals surface area contributed by atoms with Crippen LogP contribution in [0.1, 0.15) is 103 Å². The zero-order valence-electron chi connectivity index (χ0n) is 16.1. The Morgan fingerprint density at radius 1 is 0.880 bits per heavy atom. The van der Waals surface area contributed by atoms with Gasteiger partial charge in [-0.2, -0.15) is 0 Å². The molecule has 0 aromatic heterocycles. The summed E-state index contributed by atoms with van der Waals surface area (Å²) in [5.41, 5.74) is 0. The van der Waals surface area contributed by atoms with Gasteiger partial charge in [0.1, 0.15) is 6.10 Å². The van der Waals surface area contributed by atoms with E-state index in [1.54, 1.807) is 0 Å². The van der Waals surface area contributed by atoms with E-state index >= 15 is 0 Å². The van der Waals surface area contributed by atoms with Crippen molar-refractivity contribution in [3.8, 4) is 0 Å². The van der Waals surface area contributed by atoms with Crippen LogP contribution in [-0.4, -0.2) is 17.3 Å². The average molecular weight is 373 g/mol. The Balaban J connectivity index is 3.66. The molecule has 0 spiro atoms. The molecule has 0 aliphatic rings. The largest absolute Gasteiger partial charge is 0.459 e. The summed E-state index contributed by atoms with van der Waals surface area (Å²) >= 11 is 5.31. The molecule has 0 radical (unpaired) electrons. The van der Waals surface area contributed by atoms with Crippen LogP contribution in [0.15, 0.2) is 12.7 Å². The van der Waals surface area contributed by atoms with Gasteiger partial charge in [-0.1, -0.05) is 71.3 Å². The second-order valence-electron chi connectivity index (χ2n) is 6.83. The number of rotatable bonds is 18. The van der Waals surface area contributed by atoms with E-state index in [9.17, 15) is 9.59 Å². The second-order valence-corrected chi connectivity index (χ2v) is 7.26. The van der Waals surface area contributed by atoms with E-state index < -0.39 is 0 Å². The van der Waals surface area contributed by atoms with Crippen molar-refractivity contribution in [2.24, 2.45) is 0 Å². The molecule has 0 rings (SSSR count). The molecule has 0 N–H and O–H groups in total. The molecule has 0 saturated heterocycles. The van der Waals surface area contributed by atoms with Gasteiger partial charge in [0, 0.05) is 12.5 Å². The van der Waals surface area contributed by atoms with Gasteiger partial charge in [-0.15, -0.1) is 0 Å². The SMILES string of the molecule is C=CC(=O)OC(CCCCCC)CCCCCCCCCCC(=O)Cl. The molecule has 1 unspecified atom stereocenters. The molecule has 0 amide bonds. The van der Waals surface area contributed by atoms with Crippen LogP contribution in [0, 0.1) is 0 Å². The average Bonchev–Trinajstić information content (AvgIpc) is 2.59. The number of unbranched alkanes of at least 4 members (excludes halogenated alkanes) is 10. The predicted octanol–water partition coefficient (Wildman–Crippen LogP) is 6.72. The molecule has 0 bridgehead atoms. The number of ether oxygens (including phenoxy) is 1. The van der Waals surface area contributed by atoms with Crippen LogP contribution in [-0.2, 0) is 14.3 Å². The first-order valence-corrected chi connectivity index (χ1v) is 10.5. The predicted molar refractivity (Wildman–Crippen MR) is 106 cm³/mol. The number of carbonyl (C=O) groups excluding carboxylic acids is 2. The van der Waals surface area contributed by atoms with Crippen LogP contribution in [0.2, 0.25) is 0 Å². The maximum atomic E-state index is 11.4. The van der Waals surface area contributed by atoms with Gasteiger partial charge in [-0.05, 0) is 43.7 Å². The highest BCUT2D eigenvalue weighted by molar-refractivity contribution is 6.63. The van der Waals surface area contributed by atoms with Crippen molar-refractivity contribution in [1.29, 1.82) is 0 Å². The molecule has 0 saturated carbocycles. The Bertz CT molecular complexity index is 355. The minimum absolute atomic E-state index is 0.0513. The smallest absolute Gasteiger partial charge is 0.330 e. The molecule has 0 aliphatic heterocycles. The minimum atomic E-state index is -0.295. The van der Waals surface area contributed by atoms with E-state index in [1.165, 1.54) is 57.4 Å². The Hall–Kier alpha value is -0.830. The summed E-state index contributed by atoms with van der Waals surface area (Å²) < 4.78 is 5.48. The molecule has 1 atom stereocenters. The minimum Gasteiger partial charge on any atom is -0.459 e. The fraction of sp³-hybridized carbons (Fsp3) is 0.810. The summed E-state index contributed by atoms with van der Waals surface area (Å²) in [5, 5.41) is -0.221. The number of hydrogen-bond acceptors (Lipinski definition) is 3. The first-order chi connectivity index (χ1) is 12.1. The molecule has 25 heavy (non-hydrogen) atoms. The Kier molecular flexibility index (Phi) is 17.4. The van der Waals surface area contributed by atoms with Gasteiger partial charge in [0.05, 0.1) is 0 Å². The topological polar surface area (TPSA) is 43.4 Å². The number of halogens is 1. The Labute approximate surface area is 159 Å². The van der Waals surface area contributed by atoms with Crippen molar-refractivity contribution in [1.82, 2.24) is 0 Å². The molecule has 146 valence electrons. The highest BCUT2D eigenvalue weighted by Gasteiger charge is 2.12. The van der Waals surface area contributed by atoms with Gasteiger partial charge in [0.15, 0.2) is 0 Å². The molecular weight excluding hydrogens is 336 g/mol. The third kappa shape index (κ3) is 17.8. The molecule has 0 aliphatic carbocycles. The van der Waals surface area contributed by atoms with Crippen LogP contribution in [0.4, 0.5) is 0 Å². The van der Waals surface area contributed by atoms with Crippen molar-refractivity contribution in [3.63, 3.8) is 0 Å². The summed E-state index contributed by atoms with van der Waals surface area (Å²) in [6.07, 6.45) is 17.8. The van der Waals surface area contributed by atoms with E-state index in [0.29, 0.717) is 6.42 Å². The first kappa shape index (κ1) is 24.2. The van der Waals surface area contributed by atoms with Crippen molar-refractivity contribution < 1.29 is 14.3 Å². The van der Waals surface area contributed by atoms with Gasteiger partial charge in [0.25, 0.3) is 0 Å². The quantitative estimate of drug-likeness (QED) is 0.116. The second kappa shape index (κ2) is 18.0. The van der Waals surface area contributed by atoms with Crippen LogP contribution < -0.4 is 0 Å². The van der Waals surface area contributed by atoms with Crippen LogP contribution in [0.25, 0.3) is 0 Å². The zero-order chi connectivity index (χ0) is 18.8. The van der Waals surface area contributed by atoms with Gasteiger partial charge in [-0.25, -0.2) is 4.79 Å². The fourth-order valence-electron chi connectivity index (χ4n) is 2.97. The number of carbonyl (C=O) groups is 2. The third-order valence-electron chi connectivity index (χ3n) is 4.48. The summed E-state index contributed by atoms with van der Waals surface area (Å²) in [5.74, 6) is -0.295. The lowest BCUT2D eigenvalue weighted by atomic mass is 10.0. The van der Waals surface area contributed by atoms with Crippen molar-refractivity contribution in [3.05, 3.63) is 12.7 Å². The summed E-state index contributed by atoms with van der Waals surface area (Å²) in [7, 11) is 0. The number of hydrogen-bond donors (Lipinski definition) is 0. The molecule has 0 aromatic carbocycles. The van der Waals surface area contributed by atoms with Crippen molar-refractivity contribution >= 4 is 22.8 Å². The summed E-state index contributed by atoms with van der Waals surface area (Å²) in [6, 6.07) is 0. The summed E-state index contributed by atoms with van der Waals surface area (Å²) in [6.45, 7) is 5.68. The van der Waals surface area contributed by atoms with E-state index in [2.05, 4.69) is 13.5 Å². The Morgan fingerprint density at radius 2 is 1.36 bits per heavy atom. The molecule has 0 aromatic rings. The lowest BCUT2D eigenvalue weighted by Crippen LogP contribution is -2.16. The van der Waals surface area contributed by atoms with E-state index in [0.717, 1.165) is 38.5 Å². The van der Waals surface area contributed by atoms with Crippen molar-refractivity contribution in [2.75, 3.05) is 0 Å². The van der Waals surface area contributed by atoms with Gasteiger partial charge in [0.2, 0.25) is 5.24 Å². The van der Waals surface area contributed by atoms with E-state index in [1.807, 2.05) is 0 Å².